The van der Waals surface area contributed by atoms with Crippen molar-refractivity contribution in [1.82, 2.24) is 39.9 Å². The molecule has 16 heteroatoms. The fraction of sp³-hybridized carbons (Fsp3) is 0.288. The highest BCUT2D eigenvalue weighted by molar-refractivity contribution is 6.07. The summed E-state index contributed by atoms with van der Waals surface area (Å²) in [6, 6.07) is 24.3. The van der Waals surface area contributed by atoms with Crippen LogP contribution < -0.4 is 30.6 Å². The lowest BCUT2D eigenvalue weighted by Crippen LogP contribution is -2.23. The molecule has 2 aliphatic carbocycles. The number of hydrogen-bond donors (Lipinski definition) is 3. The number of carbonyl (C=O) groups is 2. The Kier molecular flexibility index (Phi) is 12.7. The number of fused-ring (bicyclic) bond motifs is 2. The van der Waals surface area contributed by atoms with Crippen LogP contribution in [0.15, 0.2) is 97.6 Å². The summed E-state index contributed by atoms with van der Waals surface area (Å²) >= 11 is 0. The van der Waals surface area contributed by atoms with Gasteiger partial charge in [-0.2, -0.15) is 0 Å². The number of carbonyl (C=O) groups excluding carboxylic acids is 2. The maximum atomic E-state index is 12.2. The number of aryl methyl sites for hydroxylation is 1. The molecule has 0 aliphatic heterocycles. The Morgan fingerprint density at radius 3 is 1.65 bits per heavy atom. The molecule has 4 aromatic heterocycles. The Morgan fingerprint density at radius 2 is 1.15 bits per heavy atom. The molecule has 0 radical (unpaired) electrons. The van der Waals surface area contributed by atoms with Gasteiger partial charge in [-0.3, -0.25) is 9.59 Å². The van der Waals surface area contributed by atoms with Crippen LogP contribution in [0.5, 0.6) is 17.4 Å². The number of primary amides is 1. The van der Waals surface area contributed by atoms with Gasteiger partial charge in [0.15, 0.2) is 17.2 Å². The van der Waals surface area contributed by atoms with Crippen molar-refractivity contribution >= 4 is 44.9 Å². The summed E-state index contributed by atoms with van der Waals surface area (Å²) in [6.07, 6.45) is 11.7. The van der Waals surface area contributed by atoms with Gasteiger partial charge in [-0.15, -0.1) is 20.4 Å². The highest BCUT2D eigenvalue weighted by Gasteiger charge is 2.31. The van der Waals surface area contributed by atoms with E-state index in [-0.39, 0.29) is 23.6 Å². The number of anilines is 2. The molecule has 0 saturated heterocycles. The lowest BCUT2D eigenvalue weighted by atomic mass is 9.99. The van der Waals surface area contributed by atoms with Crippen molar-refractivity contribution in [3.05, 3.63) is 109 Å². The number of aromatic nitrogens is 8. The molecule has 346 valence electrons. The first-order valence-corrected chi connectivity index (χ1v) is 22.6. The van der Waals surface area contributed by atoms with E-state index in [1.165, 1.54) is 32.6 Å². The zero-order valence-electron chi connectivity index (χ0n) is 39.1. The van der Waals surface area contributed by atoms with Crippen LogP contribution in [0.1, 0.15) is 67.4 Å². The molecular formula is C52H53N11O5. The summed E-state index contributed by atoms with van der Waals surface area (Å²) in [5.74, 6) is 3.27. The second-order valence-corrected chi connectivity index (χ2v) is 17.4. The van der Waals surface area contributed by atoms with Crippen molar-refractivity contribution in [2.45, 2.75) is 58.5 Å². The van der Waals surface area contributed by atoms with Gasteiger partial charge in [-0.05, 0) is 111 Å². The van der Waals surface area contributed by atoms with E-state index in [4.69, 9.17) is 19.9 Å². The first-order chi connectivity index (χ1) is 33.0. The summed E-state index contributed by atoms with van der Waals surface area (Å²) in [5, 5.41) is 25.8. The molecule has 2 atom stereocenters. The average Bonchev–Trinajstić information content (AvgIpc) is 4.31. The van der Waals surface area contributed by atoms with Crippen molar-refractivity contribution in [3.8, 4) is 62.3 Å². The maximum absolute atomic E-state index is 12.2. The van der Waals surface area contributed by atoms with Crippen LogP contribution in [-0.2, 0) is 7.05 Å². The van der Waals surface area contributed by atoms with Crippen LogP contribution in [0.25, 0.3) is 66.7 Å². The number of rotatable bonds is 15. The molecule has 4 heterocycles. The van der Waals surface area contributed by atoms with Gasteiger partial charge in [-0.1, -0.05) is 24.3 Å². The SMILES string of the molecule is COc1cc(-c2nccn2C)ccc1-c1ccc2c(N[C@H](C)C3CC3)c(C(C)=O)nnc2c1.COc1cc(-c2nccnc2OC)ccc1-c1ccc2c(N[C@H](C)C3CC3)c(C(N)=O)nnc2c1. The number of methoxy groups -OCH3 is 3. The Balaban J connectivity index is 0.000000170. The number of ether oxygens (including phenoxy) is 3. The van der Waals surface area contributed by atoms with E-state index < -0.39 is 5.91 Å². The van der Waals surface area contributed by atoms with E-state index in [0.29, 0.717) is 46.1 Å². The van der Waals surface area contributed by atoms with Gasteiger partial charge in [0.1, 0.15) is 23.0 Å². The number of nitrogens with two attached hydrogens (primary N) is 1. The lowest BCUT2D eigenvalue weighted by Gasteiger charge is -2.18. The maximum Gasteiger partial charge on any atom is 0.271 e. The number of nitrogens with zero attached hydrogens (tertiary/aromatic N) is 8. The van der Waals surface area contributed by atoms with Gasteiger partial charge in [0.25, 0.3) is 5.91 Å². The molecule has 16 nitrogen and oxygen atoms in total. The van der Waals surface area contributed by atoms with Crippen molar-refractivity contribution in [3.63, 3.8) is 0 Å². The second kappa shape index (κ2) is 19.1. The number of nitrogens with one attached hydrogen (secondary N) is 2. The molecule has 4 N–H and O–H groups in total. The van der Waals surface area contributed by atoms with Gasteiger partial charge in [-0.25, -0.2) is 15.0 Å². The van der Waals surface area contributed by atoms with Crippen molar-refractivity contribution < 1.29 is 23.8 Å². The average molecular weight is 912 g/mol. The third-order valence-corrected chi connectivity index (χ3v) is 12.7. The molecule has 68 heavy (non-hydrogen) atoms. The van der Waals surface area contributed by atoms with Crippen LogP contribution in [0, 0.1) is 11.8 Å². The zero-order valence-corrected chi connectivity index (χ0v) is 39.1. The molecule has 4 aromatic carbocycles. The smallest absolute Gasteiger partial charge is 0.271 e. The number of ketones is 1. The van der Waals surface area contributed by atoms with E-state index in [1.54, 1.807) is 39.9 Å². The number of Topliss-reactive ketones (excluding diaryl/α,β-unsaturated/α-hetero) is 1. The highest BCUT2D eigenvalue weighted by Crippen LogP contribution is 2.41. The number of imidazole rings is 1. The molecule has 0 spiro atoms. The molecule has 8 aromatic rings. The minimum atomic E-state index is -0.606. The Bertz CT molecular complexity index is 3200. The summed E-state index contributed by atoms with van der Waals surface area (Å²) in [5.41, 5.74) is 15.1. The molecule has 0 bridgehead atoms. The molecule has 2 fully saturated rings. The van der Waals surface area contributed by atoms with E-state index in [1.807, 2.05) is 90.6 Å². The molecule has 0 unspecified atom stereocenters. The first kappa shape index (κ1) is 45.2. The van der Waals surface area contributed by atoms with Crippen LogP contribution >= 0.6 is 0 Å². The second-order valence-electron chi connectivity index (χ2n) is 17.4. The number of amides is 1. The molecule has 2 aliphatic rings. The molecule has 10 rings (SSSR count). The first-order valence-electron chi connectivity index (χ1n) is 22.6. The quantitative estimate of drug-likeness (QED) is 0.0820. The van der Waals surface area contributed by atoms with Crippen LogP contribution in [0.2, 0.25) is 0 Å². The van der Waals surface area contributed by atoms with E-state index in [9.17, 15) is 9.59 Å². The summed E-state index contributed by atoms with van der Waals surface area (Å²) in [7, 11) is 6.82. The lowest BCUT2D eigenvalue weighted by molar-refractivity contribution is 0.0991. The van der Waals surface area contributed by atoms with Crippen LogP contribution in [0.3, 0.4) is 0 Å². The largest absolute Gasteiger partial charge is 0.496 e. The molecular weight excluding hydrogens is 859 g/mol. The van der Waals surface area contributed by atoms with Gasteiger partial charge in [0.05, 0.1) is 43.7 Å². The van der Waals surface area contributed by atoms with Gasteiger partial charge < -0.3 is 35.1 Å². The Labute approximate surface area is 393 Å². The molecule has 2 saturated carbocycles. The van der Waals surface area contributed by atoms with Crippen molar-refractivity contribution in [1.29, 1.82) is 0 Å². The fourth-order valence-corrected chi connectivity index (χ4v) is 8.61. The predicted molar refractivity (Wildman–Crippen MR) is 263 cm³/mol. The minimum absolute atomic E-state index is 0.0921. The van der Waals surface area contributed by atoms with Crippen molar-refractivity contribution in [2.24, 2.45) is 24.6 Å². The summed E-state index contributed by atoms with van der Waals surface area (Å²) in [6.45, 7) is 5.81. The van der Waals surface area contributed by atoms with E-state index in [2.05, 4.69) is 59.8 Å². The minimum Gasteiger partial charge on any atom is -0.496 e. The Morgan fingerprint density at radius 1 is 0.632 bits per heavy atom. The van der Waals surface area contributed by atoms with Gasteiger partial charge >= 0.3 is 0 Å². The third-order valence-electron chi connectivity index (χ3n) is 12.7. The summed E-state index contributed by atoms with van der Waals surface area (Å²) < 4.78 is 18.8. The zero-order chi connectivity index (χ0) is 47.6. The van der Waals surface area contributed by atoms with Gasteiger partial charge in [0.2, 0.25) is 5.88 Å². The molecule has 1 amide bonds. The number of hydrogen-bond acceptors (Lipinski definition) is 14. The monoisotopic (exact) mass is 911 g/mol. The summed E-state index contributed by atoms with van der Waals surface area (Å²) in [4.78, 5) is 37.3. The van der Waals surface area contributed by atoms with Crippen LogP contribution in [0.4, 0.5) is 11.4 Å². The van der Waals surface area contributed by atoms with E-state index in [0.717, 1.165) is 66.9 Å². The van der Waals surface area contributed by atoms with Gasteiger partial charge in [0, 0.05) is 83.9 Å². The van der Waals surface area contributed by atoms with E-state index >= 15 is 0 Å². The standard InChI is InChI=1S/C26H26N6O3.C26H27N5O2/c1-14(15-4-5-15)30-23-19-9-6-16(12-20(19)31-32-24(23)25(27)33)18-8-7-17(13-21(18)34-2)22-26(35-3)29-11-10-28-22;1-15(17-5-6-17)28-25-21-10-7-18(13-22(21)29-30-24(25)16(2)32)20-9-8-19(14-23(20)33-4)26-27-11-12-31(26)3/h6-15H,4-5H2,1-3H3,(H2,27,33)(H,30,31);7-15,17H,5-6H2,1-4H3,(H,28,29)/t14-;15-/m11/s1. The van der Waals surface area contributed by atoms with Crippen molar-refractivity contribution in [2.75, 3.05) is 32.0 Å². The van der Waals surface area contributed by atoms with Crippen LogP contribution in [-0.4, -0.2) is 85.0 Å². The Hall–Kier alpha value is -8.01. The predicted octanol–water partition coefficient (Wildman–Crippen LogP) is 9.20. The fourth-order valence-electron chi connectivity index (χ4n) is 8.61. The highest BCUT2D eigenvalue weighted by atomic mass is 16.5. The topological polar surface area (TPSA) is 207 Å². The normalized spacial score (nSPS) is 14.1. The number of benzene rings is 4. The third kappa shape index (κ3) is 9.21.